The van der Waals surface area contributed by atoms with E-state index in [0.29, 0.717) is 5.82 Å². The predicted molar refractivity (Wildman–Crippen MR) is 37.8 cm³/mol. The van der Waals surface area contributed by atoms with Gasteiger partial charge in [-0.2, -0.15) is 4.80 Å². The smallest absolute Gasteiger partial charge is 0.174 e. The van der Waals surface area contributed by atoms with Gasteiger partial charge in [0.2, 0.25) is 0 Å². The summed E-state index contributed by atoms with van der Waals surface area (Å²) in [6, 6.07) is 0. The Kier molecular flexibility index (Phi) is 2.95. The van der Waals surface area contributed by atoms with Gasteiger partial charge in [-0.25, -0.2) is 4.39 Å². The molecule has 1 aromatic rings. The highest BCUT2D eigenvalue weighted by molar-refractivity contribution is 4.75. The highest BCUT2D eigenvalue weighted by Gasteiger charge is 1.99. The van der Waals surface area contributed by atoms with E-state index in [-0.39, 0.29) is 6.54 Å². The molecule has 0 N–H and O–H groups in total. The van der Waals surface area contributed by atoms with Gasteiger partial charge in [-0.15, -0.1) is 10.2 Å². The third-order valence-electron chi connectivity index (χ3n) is 1.25. The first-order valence-corrected chi connectivity index (χ1v) is 3.69. The summed E-state index contributed by atoms with van der Waals surface area (Å²) in [7, 11) is 0. The Morgan fingerprint density at radius 3 is 3.00 bits per heavy atom. The van der Waals surface area contributed by atoms with Crippen LogP contribution in [-0.4, -0.2) is 26.9 Å². The lowest BCUT2D eigenvalue weighted by atomic mass is 10.3. The first kappa shape index (κ1) is 8.10. The van der Waals surface area contributed by atoms with Crippen LogP contribution in [0.3, 0.4) is 0 Å². The Morgan fingerprint density at radius 2 is 2.36 bits per heavy atom. The molecule has 0 aliphatic rings. The lowest BCUT2D eigenvalue weighted by molar-refractivity contribution is 0.396. The van der Waals surface area contributed by atoms with Crippen LogP contribution >= 0.6 is 0 Å². The number of rotatable bonds is 4. The van der Waals surface area contributed by atoms with Gasteiger partial charge in [-0.05, 0) is 11.6 Å². The van der Waals surface area contributed by atoms with Crippen molar-refractivity contribution in [1.29, 1.82) is 0 Å². The maximum Gasteiger partial charge on any atom is 0.174 e. The molecule has 0 fully saturated rings. The Balaban J connectivity index is 2.51. The molecule has 1 aromatic heterocycles. The first-order chi connectivity index (χ1) is 5.36. The van der Waals surface area contributed by atoms with Crippen molar-refractivity contribution in [2.75, 3.05) is 6.67 Å². The molecular formula is C6H11FN4. The van der Waals surface area contributed by atoms with Crippen molar-refractivity contribution in [2.45, 2.75) is 26.3 Å². The number of tetrazole rings is 1. The molecule has 0 aliphatic carbocycles. The summed E-state index contributed by atoms with van der Waals surface area (Å²) in [6.45, 7) is 1.80. The third-order valence-corrected chi connectivity index (χ3v) is 1.25. The van der Waals surface area contributed by atoms with Crippen LogP contribution in [0.25, 0.3) is 0 Å². The number of hydrogen-bond donors (Lipinski definition) is 0. The van der Waals surface area contributed by atoms with Crippen molar-refractivity contribution >= 4 is 0 Å². The Labute approximate surface area is 64.4 Å². The van der Waals surface area contributed by atoms with Gasteiger partial charge in [0, 0.05) is 6.42 Å². The summed E-state index contributed by atoms with van der Waals surface area (Å²) in [6.07, 6.45) is 1.80. The topological polar surface area (TPSA) is 43.6 Å². The zero-order valence-corrected chi connectivity index (χ0v) is 6.50. The Bertz CT molecular complexity index is 190. The third kappa shape index (κ3) is 2.25. The van der Waals surface area contributed by atoms with E-state index >= 15 is 0 Å². The largest absolute Gasteiger partial charge is 0.249 e. The van der Waals surface area contributed by atoms with Gasteiger partial charge in [-0.1, -0.05) is 6.92 Å². The number of alkyl halides is 1. The monoisotopic (exact) mass is 158 g/mol. The van der Waals surface area contributed by atoms with Crippen molar-refractivity contribution < 1.29 is 4.39 Å². The molecule has 0 atom stereocenters. The van der Waals surface area contributed by atoms with Crippen LogP contribution in [0.4, 0.5) is 4.39 Å². The molecule has 62 valence electrons. The van der Waals surface area contributed by atoms with Crippen molar-refractivity contribution in [3.8, 4) is 0 Å². The average Bonchev–Trinajstić information content (AvgIpc) is 2.38. The lowest BCUT2D eigenvalue weighted by Gasteiger charge is -1.89. The molecule has 0 spiro atoms. The zero-order chi connectivity index (χ0) is 8.10. The van der Waals surface area contributed by atoms with E-state index in [1.165, 1.54) is 4.80 Å². The Hall–Kier alpha value is -1.00. The molecule has 0 unspecified atom stereocenters. The molecule has 1 rings (SSSR count). The average molecular weight is 158 g/mol. The second-order valence-electron chi connectivity index (χ2n) is 2.24. The van der Waals surface area contributed by atoms with E-state index in [4.69, 9.17) is 0 Å². The maximum atomic E-state index is 11.7. The van der Waals surface area contributed by atoms with E-state index in [1.54, 1.807) is 0 Å². The highest BCUT2D eigenvalue weighted by Crippen LogP contribution is 1.91. The van der Waals surface area contributed by atoms with Crippen LogP contribution in [0.15, 0.2) is 0 Å². The fourth-order valence-corrected chi connectivity index (χ4v) is 0.770. The van der Waals surface area contributed by atoms with Gasteiger partial charge in [0.25, 0.3) is 0 Å². The Morgan fingerprint density at radius 1 is 1.55 bits per heavy atom. The predicted octanol–water partition coefficient (Wildman–Crippen LogP) is 0.595. The number of aryl methyl sites for hydroxylation is 2. The molecule has 11 heavy (non-hydrogen) atoms. The number of hydrogen-bond acceptors (Lipinski definition) is 3. The van der Waals surface area contributed by atoms with E-state index in [0.717, 1.165) is 12.8 Å². The van der Waals surface area contributed by atoms with Gasteiger partial charge >= 0.3 is 0 Å². The standard InChI is InChI=1S/C6H11FN4/c1-2-3-6-8-10-11(9-6)5-4-7/h2-5H2,1H3. The summed E-state index contributed by atoms with van der Waals surface area (Å²) in [4.78, 5) is 1.28. The van der Waals surface area contributed by atoms with Crippen LogP contribution in [0.2, 0.25) is 0 Å². The van der Waals surface area contributed by atoms with Crippen LogP contribution in [0.1, 0.15) is 19.2 Å². The summed E-state index contributed by atoms with van der Waals surface area (Å²) < 4.78 is 11.7. The summed E-state index contributed by atoms with van der Waals surface area (Å²) in [5, 5.41) is 11.3. The van der Waals surface area contributed by atoms with E-state index < -0.39 is 6.67 Å². The molecular weight excluding hydrogens is 147 g/mol. The molecule has 0 amide bonds. The summed E-state index contributed by atoms with van der Waals surface area (Å²) in [5.74, 6) is 0.695. The minimum atomic E-state index is -0.443. The van der Waals surface area contributed by atoms with Crippen molar-refractivity contribution in [2.24, 2.45) is 0 Å². The summed E-state index contributed by atoms with van der Waals surface area (Å²) in [5.41, 5.74) is 0. The molecule has 0 aromatic carbocycles. The van der Waals surface area contributed by atoms with Crippen LogP contribution < -0.4 is 0 Å². The van der Waals surface area contributed by atoms with Gasteiger partial charge in [0.15, 0.2) is 5.82 Å². The van der Waals surface area contributed by atoms with E-state index in [9.17, 15) is 4.39 Å². The normalized spacial score (nSPS) is 10.4. The number of nitrogens with zero attached hydrogens (tertiary/aromatic N) is 4. The molecule has 1 heterocycles. The van der Waals surface area contributed by atoms with Gasteiger partial charge in [-0.3, -0.25) is 0 Å². The van der Waals surface area contributed by atoms with Crippen LogP contribution in [-0.2, 0) is 13.0 Å². The number of halogens is 1. The van der Waals surface area contributed by atoms with Crippen molar-refractivity contribution in [3.63, 3.8) is 0 Å². The summed E-state index contributed by atoms with van der Waals surface area (Å²) >= 11 is 0. The van der Waals surface area contributed by atoms with Crippen molar-refractivity contribution in [3.05, 3.63) is 5.82 Å². The molecule has 5 heteroatoms. The molecule has 0 bridgehead atoms. The van der Waals surface area contributed by atoms with E-state index in [2.05, 4.69) is 15.4 Å². The minimum absolute atomic E-state index is 0.205. The molecule has 0 aliphatic heterocycles. The highest BCUT2D eigenvalue weighted by atomic mass is 19.1. The molecule has 0 saturated heterocycles. The quantitative estimate of drug-likeness (QED) is 0.644. The van der Waals surface area contributed by atoms with Crippen LogP contribution in [0, 0.1) is 0 Å². The second kappa shape index (κ2) is 4.00. The molecule has 4 nitrogen and oxygen atoms in total. The van der Waals surface area contributed by atoms with Crippen LogP contribution in [0.5, 0.6) is 0 Å². The SMILES string of the molecule is CCCc1nnn(CCF)n1. The lowest BCUT2D eigenvalue weighted by Crippen LogP contribution is -2.03. The fraction of sp³-hybridized carbons (Fsp3) is 0.833. The zero-order valence-electron chi connectivity index (χ0n) is 6.50. The van der Waals surface area contributed by atoms with E-state index in [1.807, 2.05) is 6.92 Å². The fourth-order valence-electron chi connectivity index (χ4n) is 0.770. The van der Waals surface area contributed by atoms with Gasteiger partial charge in [0.1, 0.15) is 6.67 Å². The van der Waals surface area contributed by atoms with Gasteiger partial charge < -0.3 is 0 Å². The maximum absolute atomic E-state index is 11.7. The first-order valence-electron chi connectivity index (χ1n) is 3.69. The second-order valence-corrected chi connectivity index (χ2v) is 2.24. The minimum Gasteiger partial charge on any atom is -0.249 e. The molecule has 0 saturated carbocycles. The number of aromatic nitrogens is 4. The van der Waals surface area contributed by atoms with Crippen molar-refractivity contribution in [1.82, 2.24) is 20.2 Å². The molecule has 0 radical (unpaired) electrons. The van der Waals surface area contributed by atoms with Gasteiger partial charge in [0.05, 0.1) is 6.54 Å².